The van der Waals surface area contributed by atoms with Gasteiger partial charge in [-0.15, -0.1) is 0 Å². The van der Waals surface area contributed by atoms with Gasteiger partial charge in [-0.2, -0.15) is 5.10 Å². The van der Waals surface area contributed by atoms with E-state index in [1.165, 1.54) is 16.8 Å². The molecule has 3 N–H and O–H groups in total. The van der Waals surface area contributed by atoms with Gasteiger partial charge in [-0.05, 0) is 18.6 Å². The molecule has 20 heavy (non-hydrogen) atoms. The molecule has 0 fully saturated rings. The third-order valence-electron chi connectivity index (χ3n) is 2.90. The molecule has 0 aliphatic rings. The molecular formula is C13H15BrF2N4. The van der Waals surface area contributed by atoms with Gasteiger partial charge in [0.15, 0.2) is 17.5 Å². The van der Waals surface area contributed by atoms with Crippen LogP contribution in [0.15, 0.2) is 16.6 Å². The zero-order chi connectivity index (χ0) is 14.9. The first-order valence-electron chi connectivity index (χ1n) is 6.17. The van der Waals surface area contributed by atoms with E-state index in [-0.39, 0.29) is 5.69 Å². The number of nitrogens with one attached hydrogen (secondary N) is 1. The summed E-state index contributed by atoms with van der Waals surface area (Å²) in [5, 5.41) is 6.94. The standard InChI is InChI=1S/C13H15BrF2N4/c1-3-4-10-11(17)13(20(2)19-10)18-12-8(15)5-7(14)6-9(12)16/h5-6,18H,3-4,17H2,1-2H3. The quantitative estimate of drug-likeness (QED) is 0.888. The van der Waals surface area contributed by atoms with Gasteiger partial charge < -0.3 is 11.1 Å². The lowest BCUT2D eigenvalue weighted by Crippen LogP contribution is -2.04. The lowest BCUT2D eigenvalue weighted by molar-refractivity contribution is 0.588. The Morgan fingerprint density at radius 3 is 2.50 bits per heavy atom. The molecule has 0 aliphatic heterocycles. The van der Waals surface area contributed by atoms with Crippen LogP contribution in [-0.4, -0.2) is 9.78 Å². The Hall–Kier alpha value is -1.63. The minimum atomic E-state index is -0.700. The maximum Gasteiger partial charge on any atom is 0.152 e. The summed E-state index contributed by atoms with van der Waals surface area (Å²) in [6.45, 7) is 2.01. The minimum absolute atomic E-state index is 0.244. The molecule has 4 nitrogen and oxygen atoms in total. The lowest BCUT2D eigenvalue weighted by Gasteiger charge is -2.10. The number of hydrogen-bond donors (Lipinski definition) is 2. The summed E-state index contributed by atoms with van der Waals surface area (Å²) in [5.41, 5.74) is 6.85. The fraction of sp³-hybridized carbons (Fsp3) is 0.308. The molecule has 0 aliphatic carbocycles. The van der Waals surface area contributed by atoms with Crippen molar-refractivity contribution in [2.75, 3.05) is 11.1 Å². The van der Waals surface area contributed by atoms with Gasteiger partial charge >= 0.3 is 0 Å². The maximum atomic E-state index is 13.8. The maximum absolute atomic E-state index is 13.8. The highest BCUT2D eigenvalue weighted by Gasteiger charge is 2.17. The summed E-state index contributed by atoms with van der Waals surface area (Å²) in [4.78, 5) is 0. The Morgan fingerprint density at radius 2 is 1.95 bits per heavy atom. The molecule has 0 atom stereocenters. The number of halogens is 3. The number of nitrogen functional groups attached to an aromatic ring is 1. The van der Waals surface area contributed by atoms with Crippen molar-refractivity contribution in [3.05, 3.63) is 33.9 Å². The van der Waals surface area contributed by atoms with Crippen molar-refractivity contribution in [1.82, 2.24) is 9.78 Å². The molecule has 0 radical (unpaired) electrons. The number of anilines is 3. The summed E-state index contributed by atoms with van der Waals surface area (Å²) < 4.78 is 29.4. The van der Waals surface area contributed by atoms with Crippen molar-refractivity contribution in [3.8, 4) is 0 Å². The van der Waals surface area contributed by atoms with Gasteiger partial charge in [-0.3, -0.25) is 4.68 Å². The predicted octanol–water partition coefficient (Wildman–Crippen LogP) is 3.74. The Morgan fingerprint density at radius 1 is 1.35 bits per heavy atom. The summed E-state index contributed by atoms with van der Waals surface area (Å²) >= 11 is 3.04. The molecule has 0 saturated heterocycles. The van der Waals surface area contributed by atoms with Gasteiger partial charge in [0.1, 0.15) is 5.69 Å². The van der Waals surface area contributed by atoms with Crippen molar-refractivity contribution in [3.63, 3.8) is 0 Å². The number of aromatic nitrogens is 2. The Labute approximate surface area is 124 Å². The first-order valence-corrected chi connectivity index (χ1v) is 6.96. The van der Waals surface area contributed by atoms with Crippen LogP contribution in [0, 0.1) is 11.6 Å². The fourth-order valence-corrected chi connectivity index (χ4v) is 2.35. The van der Waals surface area contributed by atoms with Crippen molar-refractivity contribution in [2.45, 2.75) is 19.8 Å². The Balaban J connectivity index is 2.40. The zero-order valence-electron chi connectivity index (χ0n) is 11.2. The molecule has 0 saturated carbocycles. The van der Waals surface area contributed by atoms with E-state index in [9.17, 15) is 8.78 Å². The van der Waals surface area contributed by atoms with E-state index < -0.39 is 11.6 Å². The molecule has 0 unspecified atom stereocenters. The molecule has 0 bridgehead atoms. The van der Waals surface area contributed by atoms with Crippen molar-refractivity contribution < 1.29 is 8.78 Å². The van der Waals surface area contributed by atoms with Crippen molar-refractivity contribution >= 4 is 33.1 Å². The van der Waals surface area contributed by atoms with Crippen molar-refractivity contribution in [1.29, 1.82) is 0 Å². The van der Waals surface area contributed by atoms with Crippen LogP contribution in [0.25, 0.3) is 0 Å². The molecule has 1 heterocycles. The Bertz CT molecular complexity index is 617. The molecule has 0 amide bonds. The topological polar surface area (TPSA) is 55.9 Å². The highest BCUT2D eigenvalue weighted by atomic mass is 79.9. The van der Waals surface area contributed by atoms with Gasteiger partial charge in [-0.1, -0.05) is 29.3 Å². The fourth-order valence-electron chi connectivity index (χ4n) is 1.95. The number of hydrogen-bond acceptors (Lipinski definition) is 3. The minimum Gasteiger partial charge on any atom is -0.394 e. The van der Waals surface area contributed by atoms with Crippen molar-refractivity contribution in [2.24, 2.45) is 7.05 Å². The third kappa shape index (κ3) is 2.77. The number of nitrogens with zero attached hydrogens (tertiary/aromatic N) is 2. The SMILES string of the molecule is CCCc1nn(C)c(Nc2c(F)cc(Br)cc2F)c1N. The van der Waals surface area contributed by atoms with E-state index in [0.29, 0.717) is 22.4 Å². The van der Waals surface area contributed by atoms with Crippen LogP contribution in [0.4, 0.5) is 26.0 Å². The highest BCUT2D eigenvalue weighted by molar-refractivity contribution is 9.10. The molecule has 0 spiro atoms. The number of benzene rings is 1. The second kappa shape index (κ2) is 5.78. The molecule has 108 valence electrons. The number of rotatable bonds is 4. The molecule has 2 aromatic rings. The van der Waals surface area contributed by atoms with Crippen LogP contribution in [0.5, 0.6) is 0 Å². The summed E-state index contributed by atoms with van der Waals surface area (Å²) in [6.07, 6.45) is 1.61. The summed E-state index contributed by atoms with van der Waals surface area (Å²) in [5.74, 6) is -1.02. The van der Waals surface area contributed by atoms with E-state index in [1.807, 2.05) is 6.92 Å². The summed E-state index contributed by atoms with van der Waals surface area (Å²) in [7, 11) is 1.67. The van der Waals surface area contributed by atoms with Gasteiger partial charge in [0.05, 0.1) is 11.4 Å². The van der Waals surface area contributed by atoms with Gasteiger partial charge in [0.25, 0.3) is 0 Å². The molecule has 1 aromatic carbocycles. The Kier molecular flexibility index (Phi) is 4.27. The number of aryl methyl sites for hydroxylation is 2. The average Bonchev–Trinajstić information content (AvgIpc) is 2.61. The van der Waals surface area contributed by atoms with E-state index in [4.69, 9.17) is 5.73 Å². The molecule has 7 heteroatoms. The average molecular weight is 345 g/mol. The number of nitrogens with two attached hydrogens (primary N) is 1. The van der Waals surface area contributed by atoms with Crippen LogP contribution in [0.3, 0.4) is 0 Å². The van der Waals surface area contributed by atoms with E-state index in [1.54, 1.807) is 7.05 Å². The van der Waals surface area contributed by atoms with Crippen LogP contribution in [0.1, 0.15) is 19.0 Å². The molecule has 1 aromatic heterocycles. The monoisotopic (exact) mass is 344 g/mol. The predicted molar refractivity (Wildman–Crippen MR) is 79.0 cm³/mol. The first kappa shape index (κ1) is 14.8. The van der Waals surface area contributed by atoms with Crippen LogP contribution < -0.4 is 11.1 Å². The van der Waals surface area contributed by atoms with E-state index in [2.05, 4.69) is 26.3 Å². The smallest absolute Gasteiger partial charge is 0.152 e. The zero-order valence-corrected chi connectivity index (χ0v) is 12.8. The summed E-state index contributed by atoms with van der Waals surface area (Å²) in [6, 6.07) is 2.37. The normalized spacial score (nSPS) is 10.8. The second-order valence-corrected chi connectivity index (χ2v) is 5.37. The second-order valence-electron chi connectivity index (χ2n) is 4.45. The van der Waals surface area contributed by atoms with E-state index >= 15 is 0 Å². The molecular weight excluding hydrogens is 330 g/mol. The van der Waals surface area contributed by atoms with Gasteiger partial charge in [-0.25, -0.2) is 8.78 Å². The first-order chi connectivity index (χ1) is 9.43. The lowest BCUT2D eigenvalue weighted by atomic mass is 10.2. The van der Waals surface area contributed by atoms with E-state index in [0.717, 1.165) is 12.1 Å². The van der Waals surface area contributed by atoms with Crippen LogP contribution >= 0.6 is 15.9 Å². The molecule has 2 rings (SSSR count). The largest absolute Gasteiger partial charge is 0.394 e. The third-order valence-corrected chi connectivity index (χ3v) is 3.36. The van der Waals surface area contributed by atoms with Crippen LogP contribution in [0.2, 0.25) is 0 Å². The van der Waals surface area contributed by atoms with Crippen LogP contribution in [-0.2, 0) is 13.5 Å². The highest BCUT2D eigenvalue weighted by Crippen LogP contribution is 2.30. The van der Waals surface area contributed by atoms with Gasteiger partial charge in [0, 0.05) is 11.5 Å². The van der Waals surface area contributed by atoms with Gasteiger partial charge in [0.2, 0.25) is 0 Å².